The van der Waals surface area contributed by atoms with Gasteiger partial charge in [-0.25, -0.2) is 0 Å². The summed E-state index contributed by atoms with van der Waals surface area (Å²) in [5, 5.41) is 0.756. The van der Waals surface area contributed by atoms with Crippen LogP contribution in [0.2, 0.25) is 5.02 Å². The van der Waals surface area contributed by atoms with Crippen LogP contribution in [0, 0.1) is 0 Å². The first kappa shape index (κ1) is 13.3. The van der Waals surface area contributed by atoms with E-state index in [1.54, 1.807) is 0 Å². The van der Waals surface area contributed by atoms with Gasteiger partial charge in [-0.15, -0.1) is 0 Å². The zero-order valence-electron chi connectivity index (χ0n) is 10.5. The minimum atomic E-state index is -0.0179. The fourth-order valence-electron chi connectivity index (χ4n) is 1.91. The number of nitrogens with zero attached hydrogens (tertiary/aromatic N) is 1. The van der Waals surface area contributed by atoms with Gasteiger partial charge in [-0.05, 0) is 45.4 Å². The van der Waals surface area contributed by atoms with E-state index >= 15 is 0 Å². The van der Waals surface area contributed by atoms with Crippen molar-refractivity contribution in [1.29, 1.82) is 0 Å². The number of hydrogen-bond donors (Lipinski definition) is 1. The van der Waals surface area contributed by atoms with Crippen LogP contribution < -0.4 is 10.6 Å². The lowest BCUT2D eigenvalue weighted by Gasteiger charge is -2.28. The van der Waals surface area contributed by atoms with Gasteiger partial charge in [-0.1, -0.05) is 17.7 Å². The third kappa shape index (κ3) is 2.89. The SMILES string of the molecule is CCN(c1ccc(C(C)N)c(Cl)c1)C(C)C. The minimum absolute atomic E-state index is 0.0179. The molecule has 1 rings (SSSR count). The van der Waals surface area contributed by atoms with E-state index < -0.39 is 0 Å². The van der Waals surface area contributed by atoms with Crippen LogP contribution in [0.4, 0.5) is 5.69 Å². The summed E-state index contributed by atoms with van der Waals surface area (Å²) >= 11 is 6.22. The standard InChI is InChI=1S/C13H21ClN2/c1-5-16(9(2)3)11-6-7-12(10(4)15)13(14)8-11/h6-10H,5,15H2,1-4H3. The normalized spacial score (nSPS) is 12.9. The Morgan fingerprint density at radius 1 is 1.31 bits per heavy atom. The fraction of sp³-hybridized carbons (Fsp3) is 0.538. The van der Waals surface area contributed by atoms with E-state index in [1.165, 1.54) is 0 Å². The van der Waals surface area contributed by atoms with Crippen molar-refractivity contribution in [3.05, 3.63) is 28.8 Å². The van der Waals surface area contributed by atoms with E-state index in [-0.39, 0.29) is 6.04 Å². The number of nitrogens with two attached hydrogens (primary N) is 1. The quantitative estimate of drug-likeness (QED) is 0.872. The Bertz CT molecular complexity index is 348. The van der Waals surface area contributed by atoms with Gasteiger partial charge in [-0.3, -0.25) is 0 Å². The highest BCUT2D eigenvalue weighted by atomic mass is 35.5. The lowest BCUT2D eigenvalue weighted by molar-refractivity contribution is 0.703. The predicted octanol–water partition coefficient (Wildman–Crippen LogP) is 3.59. The van der Waals surface area contributed by atoms with Crippen molar-refractivity contribution in [2.75, 3.05) is 11.4 Å². The van der Waals surface area contributed by atoms with Gasteiger partial charge in [0.05, 0.1) is 0 Å². The first-order valence-corrected chi connectivity index (χ1v) is 6.16. The fourth-order valence-corrected chi connectivity index (χ4v) is 2.26. The van der Waals surface area contributed by atoms with Crippen molar-refractivity contribution in [3.8, 4) is 0 Å². The topological polar surface area (TPSA) is 29.3 Å². The third-order valence-electron chi connectivity index (χ3n) is 2.77. The Morgan fingerprint density at radius 2 is 1.94 bits per heavy atom. The van der Waals surface area contributed by atoms with Gasteiger partial charge in [0.15, 0.2) is 0 Å². The molecule has 0 heterocycles. The van der Waals surface area contributed by atoms with Crippen LogP contribution in [0.25, 0.3) is 0 Å². The average Bonchev–Trinajstić information content (AvgIpc) is 2.17. The molecular weight excluding hydrogens is 220 g/mol. The van der Waals surface area contributed by atoms with Crippen LogP contribution in [0.1, 0.15) is 39.3 Å². The molecule has 0 saturated heterocycles. The molecule has 90 valence electrons. The summed E-state index contributed by atoms with van der Waals surface area (Å²) in [6.45, 7) is 9.42. The molecule has 3 heteroatoms. The van der Waals surface area contributed by atoms with Crippen LogP contribution >= 0.6 is 11.6 Å². The Balaban J connectivity index is 3.04. The zero-order chi connectivity index (χ0) is 12.3. The van der Waals surface area contributed by atoms with E-state index in [0.717, 1.165) is 22.8 Å². The van der Waals surface area contributed by atoms with Gasteiger partial charge in [-0.2, -0.15) is 0 Å². The van der Waals surface area contributed by atoms with Crippen molar-refractivity contribution in [1.82, 2.24) is 0 Å². The highest BCUT2D eigenvalue weighted by molar-refractivity contribution is 6.31. The van der Waals surface area contributed by atoms with E-state index in [9.17, 15) is 0 Å². The Kier molecular flexibility index (Phi) is 4.63. The van der Waals surface area contributed by atoms with Crippen LogP contribution in [0.15, 0.2) is 18.2 Å². The molecular formula is C13H21ClN2. The molecule has 0 radical (unpaired) electrons. The van der Waals surface area contributed by atoms with Crippen molar-refractivity contribution >= 4 is 17.3 Å². The molecule has 0 aliphatic heterocycles. The summed E-state index contributed by atoms with van der Waals surface area (Å²) in [6, 6.07) is 6.57. The monoisotopic (exact) mass is 240 g/mol. The van der Waals surface area contributed by atoms with Gasteiger partial charge < -0.3 is 10.6 Å². The lowest BCUT2D eigenvalue weighted by atomic mass is 10.1. The molecule has 0 spiro atoms. The Labute approximate surface area is 103 Å². The first-order valence-electron chi connectivity index (χ1n) is 5.79. The first-order chi connectivity index (χ1) is 7.47. The number of halogens is 1. The summed E-state index contributed by atoms with van der Waals surface area (Å²) in [4.78, 5) is 2.30. The van der Waals surface area contributed by atoms with Crippen LogP contribution in [-0.4, -0.2) is 12.6 Å². The van der Waals surface area contributed by atoms with Crippen LogP contribution in [0.3, 0.4) is 0 Å². The smallest absolute Gasteiger partial charge is 0.0474 e. The van der Waals surface area contributed by atoms with Gasteiger partial charge in [0.25, 0.3) is 0 Å². The second-order valence-corrected chi connectivity index (χ2v) is 4.78. The van der Waals surface area contributed by atoms with Crippen LogP contribution in [-0.2, 0) is 0 Å². The predicted molar refractivity (Wildman–Crippen MR) is 72.2 cm³/mol. The van der Waals surface area contributed by atoms with E-state index in [0.29, 0.717) is 6.04 Å². The summed E-state index contributed by atoms with van der Waals surface area (Å²) in [6.07, 6.45) is 0. The number of hydrogen-bond acceptors (Lipinski definition) is 2. The van der Waals surface area contributed by atoms with E-state index in [4.69, 9.17) is 17.3 Å². The lowest BCUT2D eigenvalue weighted by Crippen LogP contribution is -2.30. The molecule has 0 saturated carbocycles. The molecule has 16 heavy (non-hydrogen) atoms. The third-order valence-corrected chi connectivity index (χ3v) is 3.10. The van der Waals surface area contributed by atoms with Gasteiger partial charge in [0.1, 0.15) is 0 Å². The van der Waals surface area contributed by atoms with Gasteiger partial charge in [0, 0.05) is 29.3 Å². The number of anilines is 1. The number of rotatable bonds is 4. The Hall–Kier alpha value is -0.730. The van der Waals surface area contributed by atoms with Crippen molar-refractivity contribution in [2.45, 2.75) is 39.8 Å². The Morgan fingerprint density at radius 3 is 2.31 bits per heavy atom. The summed E-state index contributed by atoms with van der Waals surface area (Å²) in [5.74, 6) is 0. The van der Waals surface area contributed by atoms with Gasteiger partial charge >= 0.3 is 0 Å². The molecule has 0 amide bonds. The van der Waals surface area contributed by atoms with Crippen molar-refractivity contribution < 1.29 is 0 Å². The zero-order valence-corrected chi connectivity index (χ0v) is 11.3. The summed E-state index contributed by atoms with van der Waals surface area (Å²) < 4.78 is 0. The van der Waals surface area contributed by atoms with Crippen molar-refractivity contribution in [3.63, 3.8) is 0 Å². The molecule has 1 aromatic carbocycles. The molecule has 1 unspecified atom stereocenters. The average molecular weight is 241 g/mol. The second-order valence-electron chi connectivity index (χ2n) is 4.37. The number of benzene rings is 1. The van der Waals surface area contributed by atoms with E-state index in [2.05, 4.69) is 31.7 Å². The maximum Gasteiger partial charge on any atom is 0.0474 e. The van der Waals surface area contributed by atoms with Crippen molar-refractivity contribution in [2.24, 2.45) is 5.73 Å². The largest absolute Gasteiger partial charge is 0.369 e. The van der Waals surface area contributed by atoms with Gasteiger partial charge in [0.2, 0.25) is 0 Å². The maximum atomic E-state index is 6.22. The molecule has 1 aromatic rings. The summed E-state index contributed by atoms with van der Waals surface area (Å²) in [7, 11) is 0. The molecule has 2 nitrogen and oxygen atoms in total. The highest BCUT2D eigenvalue weighted by Gasteiger charge is 2.11. The van der Waals surface area contributed by atoms with E-state index in [1.807, 2.05) is 19.1 Å². The molecule has 0 aliphatic carbocycles. The maximum absolute atomic E-state index is 6.22. The highest BCUT2D eigenvalue weighted by Crippen LogP contribution is 2.27. The van der Waals surface area contributed by atoms with Crippen LogP contribution in [0.5, 0.6) is 0 Å². The molecule has 0 aromatic heterocycles. The molecule has 0 bridgehead atoms. The summed E-state index contributed by atoms with van der Waals surface area (Å²) in [5.41, 5.74) is 8.00. The molecule has 2 N–H and O–H groups in total. The minimum Gasteiger partial charge on any atom is -0.369 e. The molecule has 0 aliphatic rings. The second kappa shape index (κ2) is 5.55. The molecule has 1 atom stereocenters. The molecule has 0 fully saturated rings.